The molecule has 0 spiro atoms. The van der Waals surface area contributed by atoms with E-state index in [9.17, 15) is 18.0 Å². The smallest absolute Gasteiger partial charge is 0.243 e. The van der Waals surface area contributed by atoms with Gasteiger partial charge in [-0.25, -0.2) is 8.42 Å². The Morgan fingerprint density at radius 3 is 2.50 bits per heavy atom. The van der Waals surface area contributed by atoms with Gasteiger partial charge in [-0.3, -0.25) is 14.5 Å². The largest absolute Gasteiger partial charge is 0.379 e. The molecule has 1 aromatic carbocycles. The van der Waals surface area contributed by atoms with Crippen LogP contribution >= 0.6 is 0 Å². The standard InChI is InChI=1S/C20H30N4O5S/c1-15(2)19-20(26)21-7-8-23(19)14-18(25)22-13-16-3-5-17(6-4-16)30(27,28)24-9-11-29-12-10-24/h3-6,15,19H,7-14H2,1-2H3,(H,21,26)(H,22,25). The highest BCUT2D eigenvalue weighted by atomic mass is 32.2. The number of nitrogens with zero attached hydrogens (tertiary/aromatic N) is 2. The molecule has 0 bridgehead atoms. The van der Waals surface area contributed by atoms with Crippen molar-refractivity contribution in [1.82, 2.24) is 19.8 Å². The van der Waals surface area contributed by atoms with Crippen LogP contribution in [-0.4, -0.2) is 81.4 Å². The first-order valence-corrected chi connectivity index (χ1v) is 11.7. The first-order valence-electron chi connectivity index (χ1n) is 10.2. The van der Waals surface area contributed by atoms with E-state index in [1.807, 2.05) is 18.7 Å². The molecule has 1 atom stereocenters. The van der Waals surface area contributed by atoms with Crippen molar-refractivity contribution in [1.29, 1.82) is 0 Å². The number of carbonyl (C=O) groups is 2. The molecule has 0 aromatic heterocycles. The molecule has 30 heavy (non-hydrogen) atoms. The van der Waals surface area contributed by atoms with Gasteiger partial charge in [0.1, 0.15) is 0 Å². The molecule has 9 nitrogen and oxygen atoms in total. The molecule has 2 saturated heterocycles. The molecule has 2 fully saturated rings. The van der Waals surface area contributed by atoms with E-state index in [-0.39, 0.29) is 35.2 Å². The molecule has 1 unspecified atom stereocenters. The summed E-state index contributed by atoms with van der Waals surface area (Å²) in [4.78, 5) is 26.6. The molecule has 2 heterocycles. The second-order valence-electron chi connectivity index (χ2n) is 7.89. The molecular weight excluding hydrogens is 408 g/mol. The quantitative estimate of drug-likeness (QED) is 0.609. The first kappa shape index (κ1) is 22.7. The predicted octanol–water partition coefficient (Wildman–Crippen LogP) is -0.220. The number of nitrogens with one attached hydrogen (secondary N) is 2. The van der Waals surface area contributed by atoms with Crippen molar-refractivity contribution >= 4 is 21.8 Å². The molecule has 10 heteroatoms. The number of benzene rings is 1. The fourth-order valence-electron chi connectivity index (χ4n) is 3.79. The third kappa shape index (κ3) is 5.37. The summed E-state index contributed by atoms with van der Waals surface area (Å²) >= 11 is 0. The molecule has 0 aliphatic carbocycles. The lowest BCUT2D eigenvalue weighted by molar-refractivity contribution is -0.133. The number of hydrogen-bond donors (Lipinski definition) is 2. The van der Waals surface area contributed by atoms with Crippen LogP contribution < -0.4 is 10.6 Å². The second kappa shape index (κ2) is 9.86. The summed E-state index contributed by atoms with van der Waals surface area (Å²) in [6.07, 6.45) is 0. The van der Waals surface area contributed by atoms with Crippen molar-refractivity contribution in [3.05, 3.63) is 29.8 Å². The topological polar surface area (TPSA) is 108 Å². The Bertz CT molecular complexity index is 850. The van der Waals surface area contributed by atoms with Crippen LogP contribution in [0.2, 0.25) is 0 Å². The average molecular weight is 439 g/mol. The van der Waals surface area contributed by atoms with Gasteiger partial charge in [-0.2, -0.15) is 4.31 Å². The van der Waals surface area contributed by atoms with E-state index in [1.54, 1.807) is 24.3 Å². The Balaban J connectivity index is 1.54. The Morgan fingerprint density at radius 2 is 1.87 bits per heavy atom. The van der Waals surface area contributed by atoms with Gasteiger partial charge >= 0.3 is 0 Å². The Labute approximate surface area is 177 Å². The summed E-state index contributed by atoms with van der Waals surface area (Å²) in [5.74, 6) is -0.0967. The van der Waals surface area contributed by atoms with E-state index >= 15 is 0 Å². The third-order valence-corrected chi connectivity index (χ3v) is 7.27. The van der Waals surface area contributed by atoms with Crippen LogP contribution in [0.1, 0.15) is 19.4 Å². The first-order chi connectivity index (χ1) is 14.3. The fourth-order valence-corrected chi connectivity index (χ4v) is 5.20. The zero-order valence-corrected chi connectivity index (χ0v) is 18.3. The number of amides is 2. The number of piperazine rings is 1. The molecule has 2 N–H and O–H groups in total. The number of rotatable bonds is 7. The van der Waals surface area contributed by atoms with E-state index in [0.717, 1.165) is 5.56 Å². The highest BCUT2D eigenvalue weighted by Gasteiger charge is 2.33. The van der Waals surface area contributed by atoms with Gasteiger partial charge in [-0.15, -0.1) is 0 Å². The summed E-state index contributed by atoms with van der Waals surface area (Å²) in [5.41, 5.74) is 0.807. The molecule has 2 aliphatic heterocycles. The maximum absolute atomic E-state index is 12.7. The minimum Gasteiger partial charge on any atom is -0.379 e. The van der Waals surface area contributed by atoms with Crippen LogP contribution in [0.25, 0.3) is 0 Å². The number of hydrogen-bond acceptors (Lipinski definition) is 6. The summed E-state index contributed by atoms with van der Waals surface area (Å²) in [7, 11) is -3.53. The summed E-state index contributed by atoms with van der Waals surface area (Å²) in [6, 6.07) is 6.23. The van der Waals surface area contributed by atoms with Crippen LogP contribution in [0, 0.1) is 5.92 Å². The maximum Gasteiger partial charge on any atom is 0.243 e. The van der Waals surface area contributed by atoms with Crippen LogP contribution in [0.4, 0.5) is 0 Å². The van der Waals surface area contributed by atoms with Gasteiger partial charge in [-0.1, -0.05) is 26.0 Å². The monoisotopic (exact) mass is 438 g/mol. The van der Waals surface area contributed by atoms with Gasteiger partial charge in [0.05, 0.1) is 30.7 Å². The zero-order valence-electron chi connectivity index (χ0n) is 17.5. The number of sulfonamides is 1. The zero-order chi connectivity index (χ0) is 21.7. The normalized spacial score (nSPS) is 21.4. The van der Waals surface area contributed by atoms with E-state index in [4.69, 9.17) is 4.74 Å². The SMILES string of the molecule is CC(C)C1C(=O)NCCN1CC(=O)NCc1ccc(S(=O)(=O)N2CCOCC2)cc1. The molecule has 2 aliphatic rings. The lowest BCUT2D eigenvalue weighted by Crippen LogP contribution is -2.59. The predicted molar refractivity (Wildman–Crippen MR) is 111 cm³/mol. The summed E-state index contributed by atoms with van der Waals surface area (Å²) in [5, 5.41) is 5.70. The van der Waals surface area contributed by atoms with Gasteiger partial charge in [0.25, 0.3) is 0 Å². The Morgan fingerprint density at radius 1 is 1.20 bits per heavy atom. The van der Waals surface area contributed by atoms with Crippen LogP contribution in [-0.2, 0) is 30.9 Å². The van der Waals surface area contributed by atoms with E-state index in [2.05, 4.69) is 10.6 Å². The molecule has 3 rings (SSSR count). The Kier molecular flexibility index (Phi) is 7.45. The average Bonchev–Trinajstić information content (AvgIpc) is 2.73. The maximum atomic E-state index is 12.7. The summed E-state index contributed by atoms with van der Waals surface area (Å²) in [6.45, 7) is 7.06. The third-order valence-electron chi connectivity index (χ3n) is 5.36. The Hall–Kier alpha value is -2.01. The number of ether oxygens (including phenoxy) is 1. The van der Waals surface area contributed by atoms with E-state index in [0.29, 0.717) is 45.9 Å². The molecule has 0 saturated carbocycles. The van der Waals surface area contributed by atoms with Gasteiger partial charge in [0.2, 0.25) is 21.8 Å². The fraction of sp³-hybridized carbons (Fsp3) is 0.600. The van der Waals surface area contributed by atoms with Gasteiger partial charge < -0.3 is 15.4 Å². The van der Waals surface area contributed by atoms with Gasteiger partial charge in [-0.05, 0) is 23.6 Å². The number of morpholine rings is 1. The summed E-state index contributed by atoms with van der Waals surface area (Å²) < 4.78 is 32.0. The minimum atomic E-state index is -3.53. The second-order valence-corrected chi connectivity index (χ2v) is 9.83. The van der Waals surface area contributed by atoms with Crippen molar-refractivity contribution in [2.24, 2.45) is 5.92 Å². The minimum absolute atomic E-state index is 0.0406. The van der Waals surface area contributed by atoms with Crippen LogP contribution in [0.5, 0.6) is 0 Å². The van der Waals surface area contributed by atoms with Crippen molar-refractivity contribution in [2.75, 3.05) is 45.9 Å². The lowest BCUT2D eigenvalue weighted by atomic mass is 10.00. The highest BCUT2D eigenvalue weighted by Crippen LogP contribution is 2.18. The van der Waals surface area contributed by atoms with Gasteiger partial charge in [0, 0.05) is 32.7 Å². The lowest BCUT2D eigenvalue weighted by Gasteiger charge is -2.36. The van der Waals surface area contributed by atoms with Crippen LogP contribution in [0.15, 0.2) is 29.2 Å². The van der Waals surface area contributed by atoms with E-state index < -0.39 is 10.0 Å². The van der Waals surface area contributed by atoms with Crippen molar-refractivity contribution in [3.63, 3.8) is 0 Å². The molecule has 0 radical (unpaired) electrons. The van der Waals surface area contributed by atoms with Crippen LogP contribution in [0.3, 0.4) is 0 Å². The molecule has 2 amide bonds. The highest BCUT2D eigenvalue weighted by molar-refractivity contribution is 7.89. The molecule has 166 valence electrons. The molecular formula is C20H30N4O5S. The van der Waals surface area contributed by atoms with Crippen molar-refractivity contribution in [2.45, 2.75) is 31.3 Å². The van der Waals surface area contributed by atoms with Gasteiger partial charge in [0.15, 0.2) is 0 Å². The van der Waals surface area contributed by atoms with E-state index in [1.165, 1.54) is 4.31 Å². The molecule has 1 aromatic rings. The number of carbonyl (C=O) groups excluding carboxylic acids is 2. The van der Waals surface area contributed by atoms with Crippen molar-refractivity contribution < 1.29 is 22.7 Å². The van der Waals surface area contributed by atoms with Crippen molar-refractivity contribution in [3.8, 4) is 0 Å².